The van der Waals surface area contributed by atoms with Crippen LogP contribution in [0.5, 0.6) is 0 Å². The van der Waals surface area contributed by atoms with Gasteiger partial charge in [-0.05, 0) is 25.5 Å². The first-order chi connectivity index (χ1) is 9.97. The minimum absolute atomic E-state index is 0.0869. The van der Waals surface area contributed by atoms with E-state index in [9.17, 15) is 14.4 Å². The van der Waals surface area contributed by atoms with Gasteiger partial charge in [-0.3, -0.25) is 14.4 Å². The van der Waals surface area contributed by atoms with Gasteiger partial charge in [0.1, 0.15) is 6.04 Å². The van der Waals surface area contributed by atoms with Crippen LogP contribution in [0.1, 0.15) is 24.8 Å². The highest BCUT2D eigenvalue weighted by Crippen LogP contribution is 2.19. The normalized spacial score (nSPS) is 17.4. The van der Waals surface area contributed by atoms with Crippen LogP contribution in [0.2, 0.25) is 0 Å². The molecule has 0 radical (unpaired) electrons. The minimum atomic E-state index is -0.963. The molecule has 0 bridgehead atoms. The summed E-state index contributed by atoms with van der Waals surface area (Å²) in [5, 5.41) is 11.5. The summed E-state index contributed by atoms with van der Waals surface area (Å²) in [4.78, 5) is 36.0. The number of carboxylic acid groups (broad SMARTS) is 1. The Labute approximate surface area is 122 Å². The van der Waals surface area contributed by atoms with Crippen LogP contribution in [-0.2, 0) is 14.4 Å². The number of aliphatic carboxylic acids is 1. The second kappa shape index (κ2) is 6.39. The third kappa shape index (κ3) is 3.81. The van der Waals surface area contributed by atoms with Crippen molar-refractivity contribution in [3.63, 3.8) is 0 Å². The first-order valence-corrected chi connectivity index (χ1v) is 6.86. The summed E-state index contributed by atoms with van der Waals surface area (Å²) in [5.41, 5.74) is 1.70. The van der Waals surface area contributed by atoms with Gasteiger partial charge in [0.2, 0.25) is 11.8 Å². The monoisotopic (exact) mass is 290 g/mol. The van der Waals surface area contributed by atoms with Crippen molar-refractivity contribution in [2.24, 2.45) is 0 Å². The zero-order valence-electron chi connectivity index (χ0n) is 11.8. The van der Waals surface area contributed by atoms with Crippen LogP contribution in [0.3, 0.4) is 0 Å². The average Bonchev–Trinajstić information content (AvgIpc) is 2.87. The van der Waals surface area contributed by atoms with Crippen LogP contribution in [0.15, 0.2) is 24.3 Å². The summed E-state index contributed by atoms with van der Waals surface area (Å²) >= 11 is 0. The van der Waals surface area contributed by atoms with Crippen molar-refractivity contribution in [3.8, 4) is 0 Å². The summed E-state index contributed by atoms with van der Waals surface area (Å²) in [6.07, 6.45) is 0.643. The molecule has 6 nitrogen and oxygen atoms in total. The van der Waals surface area contributed by atoms with Gasteiger partial charge < -0.3 is 15.3 Å². The Kier molecular flexibility index (Phi) is 4.57. The van der Waals surface area contributed by atoms with Crippen LogP contribution in [0.25, 0.3) is 0 Å². The molecule has 21 heavy (non-hydrogen) atoms. The summed E-state index contributed by atoms with van der Waals surface area (Å²) in [5.74, 6) is -1.36. The van der Waals surface area contributed by atoms with Crippen molar-refractivity contribution in [1.82, 2.24) is 5.32 Å². The molecule has 1 saturated heterocycles. The Morgan fingerprint density at radius 3 is 2.52 bits per heavy atom. The highest BCUT2D eigenvalue weighted by Gasteiger charge is 2.31. The maximum absolute atomic E-state index is 12.5. The maximum Gasteiger partial charge on any atom is 0.305 e. The fraction of sp³-hybridized carbons (Fsp3) is 0.400. The highest BCUT2D eigenvalue weighted by molar-refractivity contribution is 6.01. The lowest BCUT2D eigenvalue weighted by atomic mass is 10.1. The van der Waals surface area contributed by atoms with Crippen LogP contribution in [0.4, 0.5) is 5.69 Å². The summed E-state index contributed by atoms with van der Waals surface area (Å²) in [6.45, 7) is 2.02. The van der Waals surface area contributed by atoms with Crippen molar-refractivity contribution in [3.05, 3.63) is 29.8 Å². The molecule has 1 aliphatic heterocycles. The third-order valence-corrected chi connectivity index (χ3v) is 3.45. The molecular weight excluding hydrogens is 272 g/mol. The van der Waals surface area contributed by atoms with Gasteiger partial charge in [-0.1, -0.05) is 17.7 Å². The molecule has 1 aromatic carbocycles. The smallest absolute Gasteiger partial charge is 0.305 e. The minimum Gasteiger partial charge on any atom is -0.481 e. The second-order valence-corrected chi connectivity index (χ2v) is 5.13. The molecular formula is C15H18N2O4. The largest absolute Gasteiger partial charge is 0.481 e. The number of aryl methyl sites for hydroxylation is 1. The Morgan fingerprint density at radius 1 is 1.33 bits per heavy atom. The van der Waals surface area contributed by atoms with Gasteiger partial charge in [0, 0.05) is 18.7 Å². The van der Waals surface area contributed by atoms with E-state index >= 15 is 0 Å². The van der Waals surface area contributed by atoms with Crippen LogP contribution < -0.4 is 10.2 Å². The van der Waals surface area contributed by atoms with Gasteiger partial charge in [-0.15, -0.1) is 0 Å². The number of nitrogens with one attached hydrogen (secondary N) is 1. The Balaban J connectivity index is 2.18. The van der Waals surface area contributed by atoms with E-state index in [1.54, 1.807) is 12.1 Å². The molecule has 2 amide bonds. The fourth-order valence-corrected chi connectivity index (χ4v) is 2.29. The molecule has 0 spiro atoms. The highest BCUT2D eigenvalue weighted by atomic mass is 16.4. The number of carbonyl (C=O) groups excluding carboxylic acids is 2. The van der Waals surface area contributed by atoms with Gasteiger partial charge in [-0.2, -0.15) is 0 Å². The predicted octanol–water partition coefficient (Wildman–Crippen LogP) is 1.08. The number of carbonyl (C=O) groups is 3. The van der Waals surface area contributed by atoms with Crippen LogP contribution in [-0.4, -0.2) is 35.5 Å². The van der Waals surface area contributed by atoms with E-state index in [1.165, 1.54) is 4.90 Å². The molecule has 2 rings (SSSR count). The van der Waals surface area contributed by atoms with Gasteiger partial charge in [0.05, 0.1) is 6.42 Å². The predicted molar refractivity (Wildman–Crippen MR) is 76.9 cm³/mol. The quantitative estimate of drug-likeness (QED) is 0.849. The fourth-order valence-electron chi connectivity index (χ4n) is 2.29. The van der Waals surface area contributed by atoms with Crippen molar-refractivity contribution < 1.29 is 19.5 Å². The lowest BCUT2D eigenvalue weighted by molar-refractivity contribution is -0.136. The van der Waals surface area contributed by atoms with E-state index in [0.717, 1.165) is 5.56 Å². The lowest BCUT2D eigenvalue weighted by Gasteiger charge is -2.25. The summed E-state index contributed by atoms with van der Waals surface area (Å²) in [6, 6.07) is 6.73. The van der Waals surface area contributed by atoms with E-state index in [1.807, 2.05) is 19.1 Å². The van der Waals surface area contributed by atoms with E-state index in [4.69, 9.17) is 5.11 Å². The summed E-state index contributed by atoms with van der Waals surface area (Å²) in [7, 11) is 0. The van der Waals surface area contributed by atoms with Crippen molar-refractivity contribution in [2.75, 3.05) is 11.4 Å². The molecule has 0 aliphatic carbocycles. The number of rotatable bonds is 5. The number of nitrogens with zero attached hydrogens (tertiary/aromatic N) is 1. The molecule has 1 aromatic rings. The van der Waals surface area contributed by atoms with E-state index in [2.05, 4.69) is 5.32 Å². The second-order valence-electron chi connectivity index (χ2n) is 5.13. The molecule has 2 N–H and O–H groups in total. The lowest BCUT2D eigenvalue weighted by Crippen LogP contribution is -2.45. The summed E-state index contributed by atoms with van der Waals surface area (Å²) < 4.78 is 0. The molecule has 0 unspecified atom stereocenters. The Morgan fingerprint density at radius 2 is 2.00 bits per heavy atom. The van der Waals surface area contributed by atoms with Gasteiger partial charge in [0.25, 0.3) is 0 Å². The van der Waals surface area contributed by atoms with Crippen LogP contribution >= 0.6 is 0 Å². The zero-order chi connectivity index (χ0) is 15.4. The molecule has 1 fully saturated rings. The number of benzene rings is 1. The zero-order valence-corrected chi connectivity index (χ0v) is 11.8. The molecule has 1 aliphatic rings. The molecule has 1 atom stereocenters. The van der Waals surface area contributed by atoms with Crippen LogP contribution in [0, 0.1) is 6.92 Å². The standard InChI is InChI=1S/C15H18N2O4/c1-10-2-4-11(5-3-10)17(9-8-14(19)20)15(21)12-6-7-13(18)16-12/h2-5,12H,6-9H2,1H3,(H,16,18)(H,19,20)/t12-/m0/s1. The number of amides is 2. The first kappa shape index (κ1) is 15.0. The van der Waals surface area contributed by atoms with E-state index in [-0.39, 0.29) is 24.8 Å². The van der Waals surface area contributed by atoms with Crippen molar-refractivity contribution >= 4 is 23.5 Å². The van der Waals surface area contributed by atoms with E-state index < -0.39 is 12.0 Å². The molecule has 6 heteroatoms. The molecule has 1 heterocycles. The van der Waals surface area contributed by atoms with Gasteiger partial charge in [-0.25, -0.2) is 0 Å². The number of hydrogen-bond donors (Lipinski definition) is 2. The van der Waals surface area contributed by atoms with Crippen molar-refractivity contribution in [2.45, 2.75) is 32.2 Å². The average molecular weight is 290 g/mol. The SMILES string of the molecule is Cc1ccc(N(CCC(=O)O)C(=O)[C@@H]2CCC(=O)N2)cc1. The van der Waals surface area contributed by atoms with E-state index in [0.29, 0.717) is 18.5 Å². The van der Waals surface area contributed by atoms with Crippen molar-refractivity contribution in [1.29, 1.82) is 0 Å². The van der Waals surface area contributed by atoms with Gasteiger partial charge >= 0.3 is 5.97 Å². The number of anilines is 1. The van der Waals surface area contributed by atoms with Gasteiger partial charge in [0.15, 0.2) is 0 Å². The Bertz CT molecular complexity index is 553. The third-order valence-electron chi connectivity index (χ3n) is 3.45. The topological polar surface area (TPSA) is 86.7 Å². The molecule has 0 saturated carbocycles. The molecule has 0 aromatic heterocycles. The number of hydrogen-bond acceptors (Lipinski definition) is 3. The number of carboxylic acids is 1. The first-order valence-electron chi connectivity index (χ1n) is 6.86. The maximum atomic E-state index is 12.5. The molecule has 112 valence electrons. The Hall–Kier alpha value is -2.37.